The van der Waals surface area contributed by atoms with E-state index in [9.17, 15) is 9.59 Å². The Bertz CT molecular complexity index is 647. The molecule has 1 aromatic rings. The molecule has 0 aromatic heterocycles. The smallest absolute Gasteiger partial charge is 0.228 e. The average Bonchev–Trinajstić information content (AvgIpc) is 3.04. The lowest BCUT2D eigenvalue weighted by molar-refractivity contribution is -0.137. The van der Waals surface area contributed by atoms with Crippen LogP contribution in [0.2, 0.25) is 0 Å². The van der Waals surface area contributed by atoms with Gasteiger partial charge in [-0.1, -0.05) is 12.1 Å². The Hall–Kier alpha value is -1.79. The van der Waals surface area contributed by atoms with Gasteiger partial charge in [0.15, 0.2) is 0 Å². The third-order valence-electron chi connectivity index (χ3n) is 5.35. The van der Waals surface area contributed by atoms with Gasteiger partial charge < -0.3 is 19.9 Å². The molecule has 2 saturated heterocycles. The lowest BCUT2D eigenvalue weighted by atomic mass is 9.95. The Labute approximate surface area is 167 Å². The summed E-state index contributed by atoms with van der Waals surface area (Å²) in [5.41, 5.74) is 0.766. The van der Waals surface area contributed by atoms with E-state index in [1.54, 1.807) is 4.90 Å². The van der Waals surface area contributed by atoms with Crippen molar-refractivity contribution >= 4 is 29.9 Å². The molecule has 1 atom stereocenters. The number of anilines is 1. The predicted octanol–water partition coefficient (Wildman–Crippen LogP) is 2.32. The summed E-state index contributed by atoms with van der Waals surface area (Å²) in [5.74, 6) is 1.21. The predicted molar refractivity (Wildman–Crippen MR) is 109 cm³/mol. The van der Waals surface area contributed by atoms with Crippen molar-refractivity contribution in [2.45, 2.75) is 26.2 Å². The van der Waals surface area contributed by atoms with Crippen LogP contribution in [-0.2, 0) is 9.59 Å². The number of para-hydroxylation sites is 2. The maximum Gasteiger partial charge on any atom is 0.228 e. The second-order valence-corrected chi connectivity index (χ2v) is 7.13. The Balaban J connectivity index is 0.00000261. The summed E-state index contributed by atoms with van der Waals surface area (Å²) >= 11 is 0. The fraction of sp³-hybridized carbons (Fsp3) is 0.600. The second-order valence-electron chi connectivity index (χ2n) is 7.13. The molecule has 2 aliphatic rings. The highest BCUT2D eigenvalue weighted by Crippen LogP contribution is 2.34. The molecule has 2 fully saturated rings. The van der Waals surface area contributed by atoms with E-state index < -0.39 is 0 Å². The number of carbonyl (C=O) groups is 2. The number of amides is 2. The van der Waals surface area contributed by atoms with Crippen molar-refractivity contribution in [3.05, 3.63) is 24.3 Å². The third-order valence-corrected chi connectivity index (χ3v) is 5.35. The molecule has 2 amide bonds. The average molecular weight is 396 g/mol. The number of hydrogen-bond donors (Lipinski definition) is 1. The number of halogens is 1. The summed E-state index contributed by atoms with van der Waals surface area (Å²) in [6.07, 6.45) is 2.35. The van der Waals surface area contributed by atoms with Crippen molar-refractivity contribution < 1.29 is 14.3 Å². The minimum Gasteiger partial charge on any atom is -0.492 e. The molecule has 0 radical (unpaired) electrons. The number of ether oxygens (including phenoxy) is 1. The van der Waals surface area contributed by atoms with Crippen LogP contribution in [0, 0.1) is 11.8 Å². The van der Waals surface area contributed by atoms with Crippen LogP contribution >= 0.6 is 12.4 Å². The number of hydrogen-bond acceptors (Lipinski definition) is 4. The summed E-state index contributed by atoms with van der Waals surface area (Å²) in [6, 6.07) is 7.55. The van der Waals surface area contributed by atoms with Gasteiger partial charge in [-0.25, -0.2) is 0 Å². The Morgan fingerprint density at radius 3 is 2.63 bits per heavy atom. The van der Waals surface area contributed by atoms with Crippen LogP contribution in [0.15, 0.2) is 24.3 Å². The van der Waals surface area contributed by atoms with E-state index in [2.05, 4.69) is 5.32 Å². The van der Waals surface area contributed by atoms with Crippen molar-refractivity contribution in [1.29, 1.82) is 0 Å². The van der Waals surface area contributed by atoms with Crippen LogP contribution in [0.1, 0.15) is 26.2 Å². The van der Waals surface area contributed by atoms with Crippen LogP contribution in [0.25, 0.3) is 0 Å². The molecule has 1 N–H and O–H groups in total. The minimum absolute atomic E-state index is 0. The Morgan fingerprint density at radius 1 is 1.26 bits per heavy atom. The van der Waals surface area contributed by atoms with Crippen LogP contribution < -0.4 is 15.0 Å². The first kappa shape index (κ1) is 21.5. The fourth-order valence-electron chi connectivity index (χ4n) is 3.97. The maximum atomic E-state index is 12.9. The maximum absolute atomic E-state index is 12.9. The van der Waals surface area contributed by atoms with Gasteiger partial charge in [-0.05, 0) is 51.4 Å². The number of piperidine rings is 1. The third kappa shape index (κ3) is 4.93. The van der Waals surface area contributed by atoms with Gasteiger partial charge in [-0.15, -0.1) is 12.4 Å². The van der Waals surface area contributed by atoms with Crippen molar-refractivity contribution in [2.75, 3.05) is 44.7 Å². The van der Waals surface area contributed by atoms with Gasteiger partial charge in [-0.2, -0.15) is 0 Å². The normalized spacial score (nSPS) is 20.5. The van der Waals surface area contributed by atoms with E-state index in [-0.39, 0.29) is 36.6 Å². The van der Waals surface area contributed by atoms with Crippen LogP contribution in [0.3, 0.4) is 0 Å². The first-order valence-corrected chi connectivity index (χ1v) is 9.59. The number of carbonyl (C=O) groups excluding carboxylic acids is 2. The van der Waals surface area contributed by atoms with Crippen molar-refractivity contribution in [3.8, 4) is 5.75 Å². The molecular formula is C20H30ClN3O3. The summed E-state index contributed by atoms with van der Waals surface area (Å²) in [4.78, 5) is 29.1. The number of nitrogens with zero attached hydrogens (tertiary/aromatic N) is 2. The number of likely N-dealkylation sites (tertiary alicyclic amines) is 1. The molecule has 1 unspecified atom stereocenters. The molecule has 1 aromatic carbocycles. The van der Waals surface area contributed by atoms with Crippen LogP contribution in [0.4, 0.5) is 5.69 Å². The van der Waals surface area contributed by atoms with E-state index >= 15 is 0 Å². The quantitative estimate of drug-likeness (QED) is 0.803. The van der Waals surface area contributed by atoms with Gasteiger partial charge in [0.1, 0.15) is 5.75 Å². The molecule has 0 bridgehead atoms. The van der Waals surface area contributed by atoms with Crippen molar-refractivity contribution in [2.24, 2.45) is 11.8 Å². The monoisotopic (exact) mass is 395 g/mol. The molecule has 0 aliphatic carbocycles. The highest BCUT2D eigenvalue weighted by atomic mass is 35.5. The van der Waals surface area contributed by atoms with E-state index in [1.807, 2.05) is 43.1 Å². The second kappa shape index (κ2) is 9.95. The lowest BCUT2D eigenvalue weighted by Gasteiger charge is -2.33. The van der Waals surface area contributed by atoms with E-state index in [4.69, 9.17) is 4.74 Å². The largest absolute Gasteiger partial charge is 0.492 e. The van der Waals surface area contributed by atoms with E-state index in [0.29, 0.717) is 24.8 Å². The van der Waals surface area contributed by atoms with Gasteiger partial charge >= 0.3 is 0 Å². The molecule has 2 heterocycles. The first-order valence-electron chi connectivity index (χ1n) is 9.59. The number of benzene rings is 1. The lowest BCUT2D eigenvalue weighted by Crippen LogP contribution is -2.43. The zero-order valence-electron chi connectivity index (χ0n) is 16.1. The van der Waals surface area contributed by atoms with Gasteiger partial charge in [-0.3, -0.25) is 9.59 Å². The summed E-state index contributed by atoms with van der Waals surface area (Å²) in [7, 11) is 1.97. The van der Waals surface area contributed by atoms with Crippen molar-refractivity contribution in [1.82, 2.24) is 10.2 Å². The summed E-state index contributed by atoms with van der Waals surface area (Å²) < 4.78 is 5.65. The standard InChI is InChI=1S/C20H29N3O3.ClH/c1-3-26-18-7-5-4-6-17(18)23-14-16(12-19(23)24)20(25)22-10-8-15(9-11-22)13-21-2;/h4-7,15-16,21H,3,8-14H2,1-2H3;1H. The fourth-order valence-corrected chi connectivity index (χ4v) is 3.97. The molecule has 0 spiro atoms. The van der Waals surface area contributed by atoms with E-state index in [1.165, 1.54) is 0 Å². The zero-order valence-corrected chi connectivity index (χ0v) is 17.0. The van der Waals surface area contributed by atoms with Gasteiger partial charge in [0.2, 0.25) is 11.8 Å². The first-order chi connectivity index (χ1) is 12.6. The summed E-state index contributed by atoms with van der Waals surface area (Å²) in [6.45, 7) is 5.51. The van der Waals surface area contributed by atoms with Crippen LogP contribution in [0.5, 0.6) is 5.75 Å². The molecule has 150 valence electrons. The molecule has 0 saturated carbocycles. The molecule has 27 heavy (non-hydrogen) atoms. The minimum atomic E-state index is -0.252. The highest BCUT2D eigenvalue weighted by Gasteiger charge is 2.38. The number of nitrogens with one attached hydrogen (secondary N) is 1. The van der Waals surface area contributed by atoms with Gasteiger partial charge in [0.05, 0.1) is 18.2 Å². The molecule has 7 heteroatoms. The summed E-state index contributed by atoms with van der Waals surface area (Å²) in [5, 5.41) is 3.22. The van der Waals surface area contributed by atoms with Gasteiger partial charge in [0.25, 0.3) is 0 Å². The zero-order chi connectivity index (χ0) is 18.5. The van der Waals surface area contributed by atoms with E-state index in [0.717, 1.165) is 38.2 Å². The highest BCUT2D eigenvalue weighted by molar-refractivity contribution is 6.01. The molecule has 3 rings (SSSR count). The molecular weight excluding hydrogens is 366 g/mol. The molecule has 2 aliphatic heterocycles. The van der Waals surface area contributed by atoms with Crippen LogP contribution in [-0.4, -0.2) is 56.5 Å². The SMILES string of the molecule is CCOc1ccccc1N1CC(C(=O)N2CCC(CNC)CC2)CC1=O.Cl. The topological polar surface area (TPSA) is 61.9 Å². The number of rotatable bonds is 6. The Kier molecular flexibility index (Phi) is 7.92. The van der Waals surface area contributed by atoms with Crippen molar-refractivity contribution in [3.63, 3.8) is 0 Å². The molecule has 6 nitrogen and oxygen atoms in total. The van der Waals surface area contributed by atoms with Gasteiger partial charge in [0, 0.05) is 26.1 Å². The Morgan fingerprint density at radius 2 is 1.96 bits per heavy atom.